The summed E-state index contributed by atoms with van der Waals surface area (Å²) >= 11 is 0. The van der Waals surface area contributed by atoms with Crippen LogP contribution in [-0.2, 0) is 6.42 Å². The Kier molecular flexibility index (Phi) is 4.38. The van der Waals surface area contributed by atoms with Gasteiger partial charge in [0, 0.05) is 37.3 Å². The number of likely N-dealkylation sites (tertiary alicyclic amines) is 1. The number of hydrogen-bond acceptors (Lipinski definition) is 4. The molecule has 4 saturated heterocycles. The van der Waals surface area contributed by atoms with Crippen LogP contribution in [0.1, 0.15) is 47.4 Å². The van der Waals surface area contributed by atoms with Crippen molar-refractivity contribution >= 4 is 5.91 Å². The van der Waals surface area contributed by atoms with Crippen LogP contribution < -0.4 is 0 Å². The first-order valence-electron chi connectivity index (χ1n) is 10.3. The lowest BCUT2D eigenvalue weighted by molar-refractivity contribution is -0.00343. The van der Waals surface area contributed by atoms with Gasteiger partial charge in [0.1, 0.15) is 11.6 Å². The normalized spacial score (nSPS) is 31.1. The highest BCUT2D eigenvalue weighted by atomic mass is 19.1. The largest absolute Gasteiger partial charge is 0.333 e. The number of aryl methyl sites for hydroxylation is 1. The summed E-state index contributed by atoms with van der Waals surface area (Å²) in [5, 5.41) is 0. The molecule has 1 aromatic carbocycles. The van der Waals surface area contributed by atoms with E-state index < -0.39 is 0 Å². The number of carbonyl (C=O) groups excluding carboxylic acids is 1. The summed E-state index contributed by atoms with van der Waals surface area (Å²) in [5.41, 5.74) is 1.68. The Hall–Kier alpha value is -2.34. The second kappa shape index (κ2) is 6.92. The molecule has 2 bridgehead atoms. The Bertz CT molecular complexity index is 861. The molecule has 5 nitrogen and oxygen atoms in total. The third-order valence-corrected chi connectivity index (χ3v) is 6.82. The van der Waals surface area contributed by atoms with Gasteiger partial charge in [-0.1, -0.05) is 19.1 Å². The van der Waals surface area contributed by atoms with E-state index >= 15 is 0 Å². The van der Waals surface area contributed by atoms with Crippen molar-refractivity contribution in [3.8, 4) is 0 Å². The van der Waals surface area contributed by atoms with E-state index in [-0.39, 0.29) is 23.7 Å². The maximum atomic E-state index is 13.5. The Morgan fingerprint density at radius 3 is 2.43 bits per heavy atom. The SMILES string of the molecule is CCc1ncc(C(=O)N2C[C@@H](c3ccc(F)cc3)[C@@H]3[C@H]2C2CCN3CC2)cn1. The number of hydrogen-bond donors (Lipinski definition) is 0. The minimum absolute atomic E-state index is 0.0241. The first kappa shape index (κ1) is 17.7. The molecule has 0 N–H and O–H groups in total. The van der Waals surface area contributed by atoms with Crippen molar-refractivity contribution in [3.63, 3.8) is 0 Å². The van der Waals surface area contributed by atoms with Gasteiger partial charge in [-0.3, -0.25) is 9.69 Å². The number of halogens is 1. The van der Waals surface area contributed by atoms with Crippen molar-refractivity contribution < 1.29 is 9.18 Å². The highest BCUT2D eigenvalue weighted by Gasteiger charge is 2.54. The standard InChI is InChI=1S/C22H25FN4O/c1-2-19-24-11-16(12-25-19)22(28)27-13-18(14-3-5-17(23)6-4-14)21-20(27)15-7-9-26(21)10-8-15/h3-6,11-12,15,18,20-21H,2,7-10,13H2,1H3/t18-,20+,21+/m0/s1. The number of fused-ring (bicyclic) bond motifs is 2. The van der Waals surface area contributed by atoms with Crippen LogP contribution in [0.2, 0.25) is 0 Å². The number of carbonyl (C=O) groups is 1. The van der Waals surface area contributed by atoms with Gasteiger partial charge in [0.2, 0.25) is 0 Å². The fraction of sp³-hybridized carbons (Fsp3) is 0.500. The van der Waals surface area contributed by atoms with Crippen LogP contribution >= 0.6 is 0 Å². The maximum Gasteiger partial charge on any atom is 0.257 e. The minimum Gasteiger partial charge on any atom is -0.333 e. The molecular formula is C22H25FN4O. The zero-order valence-corrected chi connectivity index (χ0v) is 16.1. The van der Waals surface area contributed by atoms with E-state index in [9.17, 15) is 9.18 Å². The van der Waals surface area contributed by atoms with Crippen molar-refractivity contribution in [3.05, 3.63) is 59.4 Å². The molecule has 0 spiro atoms. The molecule has 5 heterocycles. The summed E-state index contributed by atoms with van der Waals surface area (Å²) in [7, 11) is 0. The molecule has 2 aromatic rings. The quantitative estimate of drug-likeness (QED) is 0.822. The highest BCUT2D eigenvalue weighted by molar-refractivity contribution is 5.94. The van der Waals surface area contributed by atoms with Crippen molar-refractivity contribution in [1.29, 1.82) is 0 Å². The van der Waals surface area contributed by atoms with Crippen LogP contribution in [0.5, 0.6) is 0 Å². The smallest absolute Gasteiger partial charge is 0.257 e. The molecule has 146 valence electrons. The Balaban J connectivity index is 1.49. The van der Waals surface area contributed by atoms with E-state index in [0.29, 0.717) is 24.1 Å². The third kappa shape index (κ3) is 2.82. The molecule has 4 aliphatic heterocycles. The lowest BCUT2D eigenvalue weighted by Gasteiger charge is -2.51. The molecule has 0 saturated carbocycles. The summed E-state index contributed by atoms with van der Waals surface area (Å²) in [6.45, 7) is 4.87. The van der Waals surface area contributed by atoms with Gasteiger partial charge < -0.3 is 4.90 Å². The van der Waals surface area contributed by atoms with Gasteiger partial charge in [-0.15, -0.1) is 0 Å². The fourth-order valence-electron chi connectivity index (χ4n) is 5.47. The van der Waals surface area contributed by atoms with Crippen molar-refractivity contribution in [2.75, 3.05) is 19.6 Å². The Labute approximate surface area is 164 Å². The number of nitrogens with zero attached hydrogens (tertiary/aromatic N) is 4. The minimum atomic E-state index is -0.218. The van der Waals surface area contributed by atoms with E-state index in [0.717, 1.165) is 43.7 Å². The molecule has 1 aromatic heterocycles. The summed E-state index contributed by atoms with van der Waals surface area (Å²) in [5.74, 6) is 1.32. The zero-order valence-electron chi connectivity index (χ0n) is 16.1. The van der Waals surface area contributed by atoms with Gasteiger partial charge >= 0.3 is 0 Å². The molecule has 6 heteroatoms. The van der Waals surface area contributed by atoms with E-state index in [4.69, 9.17) is 0 Å². The number of amides is 1. The van der Waals surface area contributed by atoms with Crippen molar-refractivity contribution in [2.24, 2.45) is 5.92 Å². The fourth-order valence-corrected chi connectivity index (χ4v) is 5.47. The van der Waals surface area contributed by atoms with Crippen LogP contribution in [0, 0.1) is 11.7 Å². The predicted molar refractivity (Wildman–Crippen MR) is 103 cm³/mol. The molecule has 4 fully saturated rings. The molecule has 1 amide bonds. The molecule has 0 unspecified atom stereocenters. The van der Waals surface area contributed by atoms with E-state index in [1.54, 1.807) is 12.4 Å². The summed E-state index contributed by atoms with van der Waals surface area (Å²) in [6, 6.07) is 7.36. The third-order valence-electron chi connectivity index (χ3n) is 6.82. The first-order chi connectivity index (χ1) is 13.7. The first-order valence-corrected chi connectivity index (χ1v) is 10.3. The number of rotatable bonds is 3. The second-order valence-electron chi connectivity index (χ2n) is 8.21. The predicted octanol–water partition coefficient (Wildman–Crippen LogP) is 2.88. The Morgan fingerprint density at radius 2 is 1.79 bits per heavy atom. The molecule has 0 radical (unpaired) electrons. The van der Waals surface area contributed by atoms with Crippen LogP contribution in [-0.4, -0.2) is 57.4 Å². The van der Waals surface area contributed by atoms with Gasteiger partial charge in [-0.2, -0.15) is 0 Å². The van der Waals surface area contributed by atoms with E-state index in [2.05, 4.69) is 19.8 Å². The lowest BCUT2D eigenvalue weighted by atomic mass is 9.75. The van der Waals surface area contributed by atoms with Crippen LogP contribution in [0.25, 0.3) is 0 Å². The average Bonchev–Trinajstić information content (AvgIpc) is 3.17. The van der Waals surface area contributed by atoms with Gasteiger partial charge in [0.25, 0.3) is 5.91 Å². The summed E-state index contributed by atoms with van der Waals surface area (Å²) in [4.78, 5) is 26.6. The molecule has 6 rings (SSSR count). The number of piperidine rings is 3. The van der Waals surface area contributed by atoms with Crippen LogP contribution in [0.3, 0.4) is 0 Å². The number of aromatic nitrogens is 2. The van der Waals surface area contributed by atoms with E-state index in [1.807, 2.05) is 19.1 Å². The van der Waals surface area contributed by atoms with Gasteiger partial charge in [0.15, 0.2) is 0 Å². The van der Waals surface area contributed by atoms with Crippen LogP contribution in [0.4, 0.5) is 4.39 Å². The zero-order chi connectivity index (χ0) is 19.3. The average molecular weight is 380 g/mol. The summed E-state index contributed by atoms with van der Waals surface area (Å²) in [6.07, 6.45) is 6.37. The lowest BCUT2D eigenvalue weighted by Crippen LogP contribution is -2.60. The monoisotopic (exact) mass is 380 g/mol. The topological polar surface area (TPSA) is 49.3 Å². The molecule has 28 heavy (non-hydrogen) atoms. The van der Waals surface area contributed by atoms with Crippen LogP contribution in [0.15, 0.2) is 36.7 Å². The number of benzene rings is 1. The molecule has 0 aliphatic carbocycles. The molecular weight excluding hydrogens is 355 g/mol. The Morgan fingerprint density at radius 1 is 1.11 bits per heavy atom. The highest BCUT2D eigenvalue weighted by Crippen LogP contribution is 2.46. The maximum absolute atomic E-state index is 13.5. The second-order valence-corrected chi connectivity index (χ2v) is 8.21. The van der Waals surface area contributed by atoms with Gasteiger partial charge in [-0.05, 0) is 49.5 Å². The van der Waals surface area contributed by atoms with E-state index in [1.165, 1.54) is 12.1 Å². The molecule has 4 aliphatic rings. The van der Waals surface area contributed by atoms with Gasteiger partial charge in [-0.25, -0.2) is 14.4 Å². The van der Waals surface area contributed by atoms with Gasteiger partial charge in [0.05, 0.1) is 11.6 Å². The van der Waals surface area contributed by atoms with Crippen molar-refractivity contribution in [2.45, 2.75) is 44.2 Å². The molecule has 3 atom stereocenters. The summed E-state index contributed by atoms with van der Waals surface area (Å²) < 4.78 is 13.5. The van der Waals surface area contributed by atoms with Crippen molar-refractivity contribution in [1.82, 2.24) is 19.8 Å².